The Balaban J connectivity index is 2.38. The van der Waals surface area contributed by atoms with Crippen LogP contribution in [0, 0.1) is 36.5 Å². The molecule has 4 heteroatoms. The zero-order valence-electron chi connectivity index (χ0n) is 10.6. The Morgan fingerprint density at radius 1 is 1.16 bits per heavy atom. The summed E-state index contributed by atoms with van der Waals surface area (Å²) in [5.41, 5.74) is 3.73. The third kappa shape index (κ3) is 2.53. The largest absolute Gasteiger partial charge is 0.361 e. The summed E-state index contributed by atoms with van der Waals surface area (Å²) in [6.07, 6.45) is 1.55. The van der Waals surface area contributed by atoms with Crippen LogP contribution in [0.1, 0.15) is 17.0 Å². The normalized spacial score (nSPS) is 9.47. The molecule has 4 nitrogen and oxygen atoms in total. The number of nitrogens with zero attached hydrogens (tertiary/aromatic N) is 3. The van der Waals surface area contributed by atoms with Crippen LogP contribution in [0.2, 0.25) is 0 Å². The average molecular weight is 249 g/mol. The summed E-state index contributed by atoms with van der Waals surface area (Å²) in [6, 6.07) is 11.2. The third-order valence-electron chi connectivity index (χ3n) is 2.78. The second-order valence-corrected chi connectivity index (χ2v) is 4.10. The Bertz CT molecular complexity index is 674. The molecule has 0 aliphatic rings. The highest BCUT2D eigenvalue weighted by atomic mass is 16.5. The van der Waals surface area contributed by atoms with Gasteiger partial charge in [0.1, 0.15) is 23.5 Å². The first-order chi connectivity index (χ1) is 9.15. The predicted molar refractivity (Wildman–Crippen MR) is 70.6 cm³/mol. The number of hydrogen-bond acceptors (Lipinski definition) is 4. The molecule has 0 aliphatic heterocycles. The van der Waals surface area contributed by atoms with Crippen LogP contribution in [0.5, 0.6) is 0 Å². The molecule has 0 saturated heterocycles. The molecule has 2 aromatic rings. The highest BCUT2D eigenvalue weighted by Gasteiger charge is 2.10. The van der Waals surface area contributed by atoms with Crippen molar-refractivity contribution in [2.75, 3.05) is 0 Å². The maximum Gasteiger partial charge on any atom is 0.141 e. The van der Waals surface area contributed by atoms with Crippen molar-refractivity contribution in [3.8, 4) is 23.3 Å². The average Bonchev–Trinajstić information content (AvgIpc) is 2.76. The van der Waals surface area contributed by atoms with Crippen LogP contribution in [-0.4, -0.2) is 5.16 Å². The Kier molecular flexibility index (Phi) is 3.45. The maximum atomic E-state index is 8.70. The van der Waals surface area contributed by atoms with E-state index in [9.17, 15) is 0 Å². The Labute approximate surface area is 111 Å². The molecule has 1 heterocycles. The molecule has 1 aromatic carbocycles. The topological polar surface area (TPSA) is 73.6 Å². The smallest absolute Gasteiger partial charge is 0.141 e. The van der Waals surface area contributed by atoms with Crippen molar-refractivity contribution in [2.45, 2.75) is 13.8 Å². The molecular weight excluding hydrogens is 238 g/mol. The van der Waals surface area contributed by atoms with Crippen molar-refractivity contribution >= 4 is 6.08 Å². The molecule has 0 radical (unpaired) electrons. The highest BCUT2D eigenvalue weighted by Crippen LogP contribution is 2.27. The van der Waals surface area contributed by atoms with E-state index in [0.717, 1.165) is 28.1 Å². The first-order valence-electron chi connectivity index (χ1n) is 5.71. The van der Waals surface area contributed by atoms with Gasteiger partial charge in [0.25, 0.3) is 0 Å². The van der Waals surface area contributed by atoms with Crippen molar-refractivity contribution < 1.29 is 4.52 Å². The first kappa shape index (κ1) is 12.6. The van der Waals surface area contributed by atoms with Gasteiger partial charge in [-0.1, -0.05) is 29.4 Å². The fourth-order valence-electron chi connectivity index (χ4n) is 1.90. The molecule has 19 heavy (non-hydrogen) atoms. The molecule has 2 rings (SSSR count). The number of aromatic nitrogens is 1. The van der Waals surface area contributed by atoms with Crippen molar-refractivity contribution in [1.29, 1.82) is 10.5 Å². The number of hydrogen-bond donors (Lipinski definition) is 0. The molecule has 0 N–H and O–H groups in total. The molecule has 1 aromatic heterocycles. The lowest BCUT2D eigenvalue weighted by Gasteiger charge is -2.01. The fourth-order valence-corrected chi connectivity index (χ4v) is 1.90. The molecule has 0 unspecified atom stereocenters. The van der Waals surface area contributed by atoms with E-state index in [1.807, 2.05) is 50.3 Å². The van der Waals surface area contributed by atoms with E-state index in [4.69, 9.17) is 15.0 Å². The highest BCUT2D eigenvalue weighted by molar-refractivity contribution is 5.70. The minimum Gasteiger partial charge on any atom is -0.361 e. The van der Waals surface area contributed by atoms with Gasteiger partial charge in [-0.2, -0.15) is 10.5 Å². The minimum absolute atomic E-state index is 0.0880. The van der Waals surface area contributed by atoms with E-state index >= 15 is 0 Å². The lowest BCUT2D eigenvalue weighted by atomic mass is 10.0. The molecule has 0 amide bonds. The van der Waals surface area contributed by atoms with Crippen LogP contribution in [0.4, 0.5) is 0 Å². The SMILES string of the molecule is Cc1noc(C)c1-c1ccc(C=C(C#N)C#N)cc1. The molecule has 0 spiro atoms. The van der Waals surface area contributed by atoms with Crippen LogP contribution >= 0.6 is 0 Å². The van der Waals surface area contributed by atoms with Gasteiger partial charge in [0.2, 0.25) is 0 Å². The van der Waals surface area contributed by atoms with E-state index < -0.39 is 0 Å². The third-order valence-corrected chi connectivity index (χ3v) is 2.78. The predicted octanol–water partition coefficient (Wildman–Crippen LogP) is 3.39. The van der Waals surface area contributed by atoms with Crippen molar-refractivity contribution in [3.05, 3.63) is 46.9 Å². The summed E-state index contributed by atoms with van der Waals surface area (Å²) < 4.78 is 5.13. The van der Waals surface area contributed by atoms with Crippen LogP contribution in [0.3, 0.4) is 0 Å². The van der Waals surface area contributed by atoms with E-state index in [1.165, 1.54) is 0 Å². The summed E-state index contributed by atoms with van der Waals surface area (Å²) in [6.45, 7) is 3.76. The van der Waals surface area contributed by atoms with Crippen LogP contribution < -0.4 is 0 Å². The van der Waals surface area contributed by atoms with E-state index in [0.29, 0.717) is 0 Å². The van der Waals surface area contributed by atoms with Gasteiger partial charge in [0.05, 0.1) is 5.69 Å². The number of benzene rings is 1. The van der Waals surface area contributed by atoms with Crippen LogP contribution in [-0.2, 0) is 0 Å². The van der Waals surface area contributed by atoms with Crippen molar-refractivity contribution in [1.82, 2.24) is 5.16 Å². The molecular formula is C15H11N3O. The quantitative estimate of drug-likeness (QED) is 0.764. The lowest BCUT2D eigenvalue weighted by molar-refractivity contribution is 0.393. The molecule has 0 fully saturated rings. The minimum atomic E-state index is 0.0880. The first-order valence-corrected chi connectivity index (χ1v) is 5.71. The Hall–Kier alpha value is -2.85. The summed E-state index contributed by atoms with van der Waals surface area (Å²) >= 11 is 0. The fraction of sp³-hybridized carbons (Fsp3) is 0.133. The molecule has 0 bridgehead atoms. The van der Waals surface area contributed by atoms with Crippen molar-refractivity contribution in [2.24, 2.45) is 0 Å². The van der Waals surface area contributed by atoms with Gasteiger partial charge in [-0.25, -0.2) is 0 Å². The van der Waals surface area contributed by atoms with E-state index in [2.05, 4.69) is 5.16 Å². The molecule has 0 aliphatic carbocycles. The van der Waals surface area contributed by atoms with Crippen molar-refractivity contribution in [3.63, 3.8) is 0 Å². The Morgan fingerprint density at radius 2 is 1.79 bits per heavy atom. The number of aryl methyl sites for hydroxylation is 2. The van der Waals surface area contributed by atoms with Gasteiger partial charge in [-0.15, -0.1) is 0 Å². The van der Waals surface area contributed by atoms with Gasteiger partial charge in [0.15, 0.2) is 0 Å². The molecule has 0 saturated carbocycles. The zero-order chi connectivity index (χ0) is 13.8. The second kappa shape index (κ2) is 5.20. The van der Waals surface area contributed by atoms with Gasteiger partial charge in [-0.05, 0) is 31.1 Å². The standard InChI is InChI=1S/C15H11N3O/c1-10-15(11(2)19-18-10)14-5-3-12(4-6-14)7-13(8-16)9-17/h3-7H,1-2H3. The van der Waals surface area contributed by atoms with E-state index in [1.54, 1.807) is 6.08 Å². The molecule has 0 atom stereocenters. The number of allylic oxidation sites excluding steroid dienone is 1. The van der Waals surface area contributed by atoms with Gasteiger partial charge in [0, 0.05) is 5.56 Å². The number of nitriles is 2. The molecule has 92 valence electrons. The van der Waals surface area contributed by atoms with E-state index in [-0.39, 0.29) is 5.57 Å². The van der Waals surface area contributed by atoms with Gasteiger partial charge in [-0.3, -0.25) is 0 Å². The second-order valence-electron chi connectivity index (χ2n) is 4.10. The number of rotatable bonds is 2. The summed E-state index contributed by atoms with van der Waals surface area (Å²) in [5, 5.41) is 21.3. The van der Waals surface area contributed by atoms with Crippen LogP contribution in [0.15, 0.2) is 34.4 Å². The Morgan fingerprint density at radius 3 is 2.26 bits per heavy atom. The maximum absolute atomic E-state index is 8.70. The summed E-state index contributed by atoms with van der Waals surface area (Å²) in [4.78, 5) is 0. The summed E-state index contributed by atoms with van der Waals surface area (Å²) in [5.74, 6) is 0.774. The zero-order valence-corrected chi connectivity index (χ0v) is 10.6. The monoisotopic (exact) mass is 249 g/mol. The summed E-state index contributed by atoms with van der Waals surface area (Å²) in [7, 11) is 0. The van der Waals surface area contributed by atoms with Crippen LogP contribution in [0.25, 0.3) is 17.2 Å². The van der Waals surface area contributed by atoms with Gasteiger partial charge >= 0.3 is 0 Å². The lowest BCUT2D eigenvalue weighted by Crippen LogP contribution is -1.83. The van der Waals surface area contributed by atoms with Gasteiger partial charge < -0.3 is 4.52 Å².